The highest BCUT2D eigenvalue weighted by Crippen LogP contribution is 2.42. The summed E-state index contributed by atoms with van der Waals surface area (Å²) in [5, 5.41) is 12.8. The molecule has 7 heteroatoms. The lowest BCUT2D eigenvalue weighted by Crippen LogP contribution is -2.40. The van der Waals surface area contributed by atoms with Crippen molar-refractivity contribution in [2.75, 3.05) is 0 Å². The van der Waals surface area contributed by atoms with Gasteiger partial charge < -0.3 is 9.84 Å². The molecule has 0 saturated heterocycles. The Morgan fingerprint density at radius 3 is 2.61 bits per heavy atom. The lowest BCUT2D eigenvalue weighted by molar-refractivity contribution is -0.187. The summed E-state index contributed by atoms with van der Waals surface area (Å²) in [6.07, 6.45) is -6.19. The van der Waals surface area contributed by atoms with Crippen molar-refractivity contribution in [2.24, 2.45) is 0 Å². The Morgan fingerprint density at radius 1 is 1.30 bits per heavy atom. The van der Waals surface area contributed by atoms with Crippen LogP contribution in [0.1, 0.15) is 11.1 Å². The highest BCUT2D eigenvalue weighted by atomic mass is 32.1. The van der Waals surface area contributed by atoms with Gasteiger partial charge in [-0.1, -0.05) is 6.07 Å². The molecule has 0 saturated carbocycles. The first kappa shape index (κ1) is 15.6. The fraction of sp³-hybridized carbons (Fsp3) is 0.188. The first-order valence-electron chi connectivity index (χ1n) is 6.63. The summed E-state index contributed by atoms with van der Waals surface area (Å²) in [7, 11) is 0. The SMILES string of the molecule is Cc1ccc2c(c1-c1ccsc1)C=C(C(=O)O)C(C(F)(F)F)O2. The molecule has 0 bridgehead atoms. The quantitative estimate of drug-likeness (QED) is 0.875. The average Bonchev–Trinajstić information content (AvgIpc) is 2.98. The number of carbonyl (C=O) groups is 1. The van der Waals surface area contributed by atoms with Crippen LogP contribution in [0.3, 0.4) is 0 Å². The second-order valence-corrected chi connectivity index (χ2v) is 5.91. The molecule has 1 unspecified atom stereocenters. The Kier molecular flexibility index (Phi) is 3.68. The van der Waals surface area contributed by atoms with E-state index < -0.39 is 23.8 Å². The molecule has 3 rings (SSSR count). The van der Waals surface area contributed by atoms with Gasteiger partial charge in [-0.25, -0.2) is 4.79 Å². The van der Waals surface area contributed by atoms with Crippen molar-refractivity contribution in [3.05, 3.63) is 45.7 Å². The molecule has 1 aliphatic rings. The van der Waals surface area contributed by atoms with E-state index in [1.54, 1.807) is 6.07 Å². The van der Waals surface area contributed by atoms with Crippen molar-refractivity contribution >= 4 is 23.4 Å². The number of halogens is 3. The van der Waals surface area contributed by atoms with Crippen LogP contribution >= 0.6 is 11.3 Å². The van der Waals surface area contributed by atoms with Gasteiger partial charge in [-0.3, -0.25) is 0 Å². The van der Waals surface area contributed by atoms with Gasteiger partial charge in [0, 0.05) is 5.56 Å². The van der Waals surface area contributed by atoms with E-state index in [4.69, 9.17) is 9.84 Å². The molecule has 2 aromatic rings. The molecule has 3 nitrogen and oxygen atoms in total. The molecule has 0 fully saturated rings. The van der Waals surface area contributed by atoms with Crippen molar-refractivity contribution in [3.63, 3.8) is 0 Å². The molecule has 120 valence electrons. The molecule has 1 aliphatic heterocycles. The van der Waals surface area contributed by atoms with Crippen LogP contribution in [0.5, 0.6) is 5.75 Å². The molecule has 1 atom stereocenters. The van der Waals surface area contributed by atoms with Crippen LogP contribution in [0.2, 0.25) is 0 Å². The number of thiophene rings is 1. The van der Waals surface area contributed by atoms with E-state index in [9.17, 15) is 18.0 Å². The number of benzene rings is 1. The Labute approximate surface area is 133 Å². The second kappa shape index (κ2) is 5.42. The maximum atomic E-state index is 13.1. The van der Waals surface area contributed by atoms with E-state index >= 15 is 0 Å². The Balaban J connectivity index is 2.24. The molecule has 2 heterocycles. The summed E-state index contributed by atoms with van der Waals surface area (Å²) in [6.45, 7) is 1.82. The molecule has 0 aliphatic carbocycles. The summed E-state index contributed by atoms with van der Waals surface area (Å²) in [6, 6.07) is 4.94. The van der Waals surface area contributed by atoms with Crippen LogP contribution < -0.4 is 4.74 Å². The van der Waals surface area contributed by atoms with Gasteiger partial charge in [0.25, 0.3) is 0 Å². The van der Waals surface area contributed by atoms with Crippen LogP contribution in [-0.2, 0) is 4.79 Å². The van der Waals surface area contributed by atoms with Gasteiger partial charge in [0.1, 0.15) is 5.75 Å². The summed E-state index contributed by atoms with van der Waals surface area (Å²) in [4.78, 5) is 11.3. The molecular weight excluding hydrogens is 329 g/mol. The van der Waals surface area contributed by atoms with Crippen LogP contribution in [0.25, 0.3) is 17.2 Å². The monoisotopic (exact) mass is 340 g/mol. The van der Waals surface area contributed by atoms with Crippen molar-refractivity contribution in [1.82, 2.24) is 0 Å². The second-order valence-electron chi connectivity index (χ2n) is 5.13. The average molecular weight is 340 g/mol. The minimum Gasteiger partial charge on any atom is -0.478 e. The topological polar surface area (TPSA) is 46.5 Å². The normalized spacial score (nSPS) is 17.2. The highest BCUT2D eigenvalue weighted by Gasteiger charge is 2.48. The number of ether oxygens (including phenoxy) is 1. The number of hydrogen-bond donors (Lipinski definition) is 1. The third-order valence-electron chi connectivity index (χ3n) is 3.60. The van der Waals surface area contributed by atoms with Crippen molar-refractivity contribution in [2.45, 2.75) is 19.2 Å². The highest BCUT2D eigenvalue weighted by molar-refractivity contribution is 7.08. The van der Waals surface area contributed by atoms with E-state index in [1.165, 1.54) is 17.4 Å². The smallest absolute Gasteiger partial charge is 0.430 e. The van der Waals surface area contributed by atoms with Gasteiger partial charge in [0.2, 0.25) is 6.10 Å². The van der Waals surface area contributed by atoms with Gasteiger partial charge in [-0.2, -0.15) is 24.5 Å². The predicted octanol–water partition coefficient (Wildman–Crippen LogP) is 4.51. The Morgan fingerprint density at radius 2 is 2.04 bits per heavy atom. The molecule has 1 N–H and O–H groups in total. The molecular formula is C16H11F3O3S. The van der Waals surface area contributed by atoms with Gasteiger partial charge in [-0.05, 0) is 52.6 Å². The van der Waals surface area contributed by atoms with E-state index in [0.717, 1.165) is 17.2 Å². The molecule has 1 aromatic heterocycles. The van der Waals surface area contributed by atoms with Crippen LogP contribution in [-0.4, -0.2) is 23.4 Å². The number of carboxylic acid groups (broad SMARTS) is 1. The van der Waals surface area contributed by atoms with Gasteiger partial charge in [-0.15, -0.1) is 0 Å². The van der Waals surface area contributed by atoms with E-state index in [1.807, 2.05) is 23.8 Å². The van der Waals surface area contributed by atoms with E-state index in [2.05, 4.69) is 0 Å². The van der Waals surface area contributed by atoms with E-state index in [-0.39, 0.29) is 5.75 Å². The summed E-state index contributed by atoms with van der Waals surface area (Å²) in [5.41, 5.74) is 1.88. The zero-order chi connectivity index (χ0) is 16.8. The number of fused-ring (bicyclic) bond motifs is 1. The Bertz CT molecular complexity index is 792. The summed E-state index contributed by atoms with van der Waals surface area (Å²) < 4.78 is 44.2. The molecule has 0 spiro atoms. The standard InChI is InChI=1S/C16H11F3O3S/c1-8-2-3-12-10(13(8)9-4-5-23-7-9)6-11(15(20)21)14(22-12)16(17,18)19/h2-7,14H,1H3,(H,20,21). The number of carboxylic acids is 1. The molecule has 0 radical (unpaired) electrons. The molecule has 0 amide bonds. The fourth-order valence-corrected chi connectivity index (χ4v) is 3.23. The lowest BCUT2D eigenvalue weighted by atomic mass is 9.92. The number of alkyl halides is 3. The van der Waals surface area contributed by atoms with Gasteiger partial charge >= 0.3 is 12.1 Å². The summed E-state index contributed by atoms with van der Waals surface area (Å²) in [5.74, 6) is -1.61. The number of hydrogen-bond acceptors (Lipinski definition) is 3. The molecule has 23 heavy (non-hydrogen) atoms. The zero-order valence-electron chi connectivity index (χ0n) is 11.8. The van der Waals surface area contributed by atoms with E-state index in [0.29, 0.717) is 11.1 Å². The van der Waals surface area contributed by atoms with Crippen molar-refractivity contribution in [3.8, 4) is 16.9 Å². The van der Waals surface area contributed by atoms with Crippen LogP contribution in [0, 0.1) is 6.92 Å². The van der Waals surface area contributed by atoms with Crippen LogP contribution in [0.4, 0.5) is 13.2 Å². The van der Waals surface area contributed by atoms with Crippen molar-refractivity contribution < 1.29 is 27.8 Å². The minimum atomic E-state index is -4.80. The number of aryl methyl sites for hydroxylation is 1. The third kappa shape index (κ3) is 2.72. The number of aliphatic carboxylic acids is 1. The maximum absolute atomic E-state index is 13.1. The lowest BCUT2D eigenvalue weighted by Gasteiger charge is -2.28. The fourth-order valence-electron chi connectivity index (χ4n) is 2.58. The molecule has 1 aromatic carbocycles. The largest absolute Gasteiger partial charge is 0.478 e. The maximum Gasteiger partial charge on any atom is 0.430 e. The zero-order valence-corrected chi connectivity index (χ0v) is 12.7. The predicted molar refractivity (Wildman–Crippen MR) is 80.6 cm³/mol. The first-order valence-corrected chi connectivity index (χ1v) is 7.57. The van der Waals surface area contributed by atoms with Gasteiger partial charge in [0.05, 0.1) is 5.57 Å². The summed E-state index contributed by atoms with van der Waals surface area (Å²) >= 11 is 1.45. The minimum absolute atomic E-state index is 0.0316. The van der Waals surface area contributed by atoms with Crippen molar-refractivity contribution in [1.29, 1.82) is 0 Å². The Hall–Kier alpha value is -2.28. The first-order chi connectivity index (χ1) is 10.8. The van der Waals surface area contributed by atoms with Crippen LogP contribution in [0.15, 0.2) is 34.5 Å². The van der Waals surface area contributed by atoms with Gasteiger partial charge in [0.15, 0.2) is 0 Å². The number of rotatable bonds is 2. The third-order valence-corrected chi connectivity index (χ3v) is 4.28.